The van der Waals surface area contributed by atoms with Gasteiger partial charge < -0.3 is 18.9 Å². The van der Waals surface area contributed by atoms with Crippen LogP contribution in [0.25, 0.3) is 0 Å². The van der Waals surface area contributed by atoms with Crippen LogP contribution in [-0.2, 0) is 18.9 Å². The third-order valence-electron chi connectivity index (χ3n) is 4.58. The summed E-state index contributed by atoms with van der Waals surface area (Å²) in [4.78, 5) is 11.1. The first kappa shape index (κ1) is 17.5. The number of epoxide rings is 1. The minimum atomic E-state index is -0.700. The van der Waals surface area contributed by atoms with E-state index < -0.39 is 11.9 Å². The van der Waals surface area contributed by atoms with Crippen molar-refractivity contribution in [3.05, 3.63) is 0 Å². The molecule has 1 saturated heterocycles. The van der Waals surface area contributed by atoms with Gasteiger partial charge in [0.1, 0.15) is 6.61 Å². The zero-order valence-corrected chi connectivity index (χ0v) is 13.8. The molecule has 0 N–H and O–H groups in total. The molecule has 0 aromatic heterocycles. The average Bonchev–Trinajstić information content (AvgIpc) is 3.31. The Balaban J connectivity index is 1.43. The lowest BCUT2D eigenvalue weighted by Crippen LogP contribution is -2.21. The van der Waals surface area contributed by atoms with Crippen LogP contribution in [0.2, 0.25) is 0 Å². The molecule has 1 heterocycles. The second kappa shape index (κ2) is 9.36. The zero-order chi connectivity index (χ0) is 15.7. The topological polar surface area (TPSA) is 57.3 Å². The molecule has 0 aromatic rings. The van der Waals surface area contributed by atoms with Gasteiger partial charge >= 0.3 is 6.16 Å². The summed E-state index contributed by atoms with van der Waals surface area (Å²) in [5, 5.41) is 0. The molecule has 0 bridgehead atoms. The van der Waals surface area contributed by atoms with E-state index in [1.54, 1.807) is 0 Å². The summed E-state index contributed by atoms with van der Waals surface area (Å²) in [6.07, 6.45) is 11.4. The predicted molar refractivity (Wildman–Crippen MR) is 82.7 cm³/mol. The lowest BCUT2D eigenvalue weighted by Gasteiger charge is -2.14. The van der Waals surface area contributed by atoms with Crippen molar-refractivity contribution in [2.75, 3.05) is 26.9 Å². The number of carbonyl (C=O) groups is 1. The second-order valence-corrected chi connectivity index (χ2v) is 6.50. The fourth-order valence-electron chi connectivity index (χ4n) is 3.08. The van der Waals surface area contributed by atoms with Gasteiger partial charge in [0, 0.05) is 19.6 Å². The molecule has 1 atom stereocenters. The Morgan fingerprint density at radius 3 is 2.50 bits per heavy atom. The first-order valence-corrected chi connectivity index (χ1v) is 8.73. The molecule has 1 aliphatic heterocycles. The van der Waals surface area contributed by atoms with Crippen molar-refractivity contribution in [1.82, 2.24) is 0 Å². The molecule has 2 aliphatic rings. The van der Waals surface area contributed by atoms with Crippen molar-refractivity contribution >= 4 is 6.16 Å². The van der Waals surface area contributed by atoms with Gasteiger partial charge in [0.2, 0.25) is 5.79 Å². The number of methoxy groups -OCH3 is 1. The van der Waals surface area contributed by atoms with E-state index in [1.165, 1.54) is 45.6 Å². The zero-order valence-electron chi connectivity index (χ0n) is 13.8. The van der Waals surface area contributed by atoms with Gasteiger partial charge in [-0.1, -0.05) is 32.1 Å². The highest BCUT2D eigenvalue weighted by Crippen LogP contribution is 2.34. The van der Waals surface area contributed by atoms with Crippen LogP contribution >= 0.6 is 0 Å². The molecule has 0 aromatic carbocycles. The van der Waals surface area contributed by atoms with Crippen LogP contribution in [0.5, 0.6) is 0 Å². The van der Waals surface area contributed by atoms with Crippen LogP contribution in [0.3, 0.4) is 0 Å². The van der Waals surface area contributed by atoms with E-state index in [1.807, 2.05) is 0 Å². The van der Waals surface area contributed by atoms with E-state index >= 15 is 0 Å². The Bertz CT molecular complexity index is 319. The molecule has 5 heteroatoms. The van der Waals surface area contributed by atoms with Gasteiger partial charge in [0.05, 0.1) is 7.11 Å². The summed E-state index contributed by atoms with van der Waals surface area (Å²) >= 11 is 0. The standard InChI is InChI=1S/C17H30O5/c1-19-16(18)22-17(14-21-17)11-7-4-8-12-20-13-15-9-5-2-3-6-10-15/h15H,2-14H2,1H3. The van der Waals surface area contributed by atoms with Crippen molar-refractivity contribution in [3.8, 4) is 0 Å². The lowest BCUT2D eigenvalue weighted by atomic mass is 10.0. The van der Waals surface area contributed by atoms with Gasteiger partial charge in [-0.05, 0) is 31.6 Å². The third kappa shape index (κ3) is 6.53. The average molecular weight is 314 g/mol. The van der Waals surface area contributed by atoms with E-state index in [2.05, 4.69) is 4.74 Å². The van der Waals surface area contributed by atoms with Gasteiger partial charge in [-0.25, -0.2) is 4.79 Å². The summed E-state index contributed by atoms with van der Waals surface area (Å²) in [5.41, 5.74) is 0. The molecule has 1 saturated carbocycles. The molecule has 0 amide bonds. The molecule has 5 nitrogen and oxygen atoms in total. The van der Waals surface area contributed by atoms with Crippen molar-refractivity contribution in [1.29, 1.82) is 0 Å². The number of hydrogen-bond acceptors (Lipinski definition) is 5. The fraction of sp³-hybridized carbons (Fsp3) is 0.941. The van der Waals surface area contributed by atoms with Crippen LogP contribution in [0.1, 0.15) is 64.2 Å². The van der Waals surface area contributed by atoms with Gasteiger partial charge in [0.15, 0.2) is 0 Å². The van der Waals surface area contributed by atoms with E-state index in [0.717, 1.165) is 44.8 Å². The van der Waals surface area contributed by atoms with Crippen LogP contribution in [0.4, 0.5) is 4.79 Å². The predicted octanol–water partition coefficient (Wildman–Crippen LogP) is 4.04. The number of carbonyl (C=O) groups excluding carboxylic acids is 1. The molecular weight excluding hydrogens is 284 g/mol. The van der Waals surface area contributed by atoms with E-state index in [0.29, 0.717) is 6.61 Å². The highest BCUT2D eigenvalue weighted by Gasteiger charge is 2.49. The van der Waals surface area contributed by atoms with Crippen LogP contribution < -0.4 is 0 Å². The molecule has 2 fully saturated rings. The smallest absolute Gasteiger partial charge is 0.438 e. The summed E-state index contributed by atoms with van der Waals surface area (Å²) in [6, 6.07) is 0. The van der Waals surface area contributed by atoms with E-state index in [4.69, 9.17) is 14.2 Å². The van der Waals surface area contributed by atoms with Gasteiger partial charge in [0.25, 0.3) is 0 Å². The first-order valence-electron chi connectivity index (χ1n) is 8.73. The molecule has 0 spiro atoms. The normalized spacial score (nSPS) is 25.5. The molecule has 1 unspecified atom stereocenters. The number of hydrogen-bond donors (Lipinski definition) is 0. The summed E-state index contributed by atoms with van der Waals surface area (Å²) < 4.78 is 20.6. The van der Waals surface area contributed by atoms with Crippen molar-refractivity contribution in [3.63, 3.8) is 0 Å². The second-order valence-electron chi connectivity index (χ2n) is 6.50. The maximum atomic E-state index is 11.1. The number of ether oxygens (including phenoxy) is 4. The number of unbranched alkanes of at least 4 members (excludes halogenated alkanes) is 2. The SMILES string of the molecule is COC(=O)OC1(CCCCCOCC2CCCCCC2)CO1. The molecule has 0 radical (unpaired) electrons. The minimum absolute atomic E-state index is 0.486. The quantitative estimate of drug-likeness (QED) is 0.278. The molecule has 22 heavy (non-hydrogen) atoms. The van der Waals surface area contributed by atoms with E-state index in [-0.39, 0.29) is 0 Å². The molecular formula is C17H30O5. The van der Waals surface area contributed by atoms with Crippen LogP contribution in [-0.4, -0.2) is 38.9 Å². The fourth-order valence-corrected chi connectivity index (χ4v) is 3.08. The van der Waals surface area contributed by atoms with Crippen molar-refractivity contribution in [2.45, 2.75) is 70.0 Å². The molecule has 128 valence electrons. The van der Waals surface area contributed by atoms with Gasteiger partial charge in [-0.3, -0.25) is 0 Å². The van der Waals surface area contributed by atoms with Gasteiger partial charge in [-0.2, -0.15) is 0 Å². The largest absolute Gasteiger partial charge is 0.510 e. The third-order valence-corrected chi connectivity index (χ3v) is 4.58. The van der Waals surface area contributed by atoms with Gasteiger partial charge in [-0.15, -0.1) is 0 Å². The number of rotatable bonds is 9. The van der Waals surface area contributed by atoms with Crippen LogP contribution in [0.15, 0.2) is 0 Å². The highest BCUT2D eigenvalue weighted by atomic mass is 16.8. The Kier molecular flexibility index (Phi) is 7.46. The highest BCUT2D eigenvalue weighted by molar-refractivity contribution is 5.60. The monoisotopic (exact) mass is 314 g/mol. The summed E-state index contributed by atoms with van der Waals surface area (Å²) in [7, 11) is 1.31. The van der Waals surface area contributed by atoms with E-state index in [9.17, 15) is 4.79 Å². The van der Waals surface area contributed by atoms with Crippen molar-refractivity contribution in [2.24, 2.45) is 5.92 Å². The minimum Gasteiger partial charge on any atom is -0.438 e. The summed E-state index contributed by atoms with van der Waals surface area (Å²) in [5.74, 6) is 0.0768. The first-order chi connectivity index (χ1) is 10.7. The molecule has 1 aliphatic carbocycles. The summed E-state index contributed by atoms with van der Waals surface area (Å²) in [6.45, 7) is 2.25. The Labute approximate surface area is 133 Å². The Morgan fingerprint density at radius 1 is 1.14 bits per heavy atom. The Morgan fingerprint density at radius 2 is 1.86 bits per heavy atom. The van der Waals surface area contributed by atoms with Crippen molar-refractivity contribution < 1.29 is 23.7 Å². The maximum Gasteiger partial charge on any atom is 0.510 e. The molecule has 2 rings (SSSR count). The lowest BCUT2D eigenvalue weighted by molar-refractivity contribution is -0.0326. The van der Waals surface area contributed by atoms with Crippen LogP contribution in [0, 0.1) is 5.92 Å². The Hall–Kier alpha value is -0.810. The maximum absolute atomic E-state index is 11.1.